The van der Waals surface area contributed by atoms with Crippen LogP contribution in [0.3, 0.4) is 0 Å². The molecular weight excluding hydrogens is 219 g/mol. The van der Waals surface area contributed by atoms with E-state index in [9.17, 15) is 0 Å². The predicted octanol–water partition coefficient (Wildman–Crippen LogP) is 2.77. The molecule has 4 heteroatoms. The van der Waals surface area contributed by atoms with Crippen molar-refractivity contribution in [1.29, 1.82) is 0 Å². The van der Waals surface area contributed by atoms with Crippen LogP contribution in [0.5, 0.6) is 0 Å². The first-order chi connectivity index (χ1) is 6.68. The van der Waals surface area contributed by atoms with Crippen LogP contribution in [0.25, 0.3) is 0 Å². The van der Waals surface area contributed by atoms with Gasteiger partial charge in [-0.25, -0.2) is 4.98 Å². The molecule has 0 aromatic carbocycles. The summed E-state index contributed by atoms with van der Waals surface area (Å²) in [6.07, 6.45) is 5.09. The molecule has 1 saturated carbocycles. The molecule has 0 unspecified atom stereocenters. The summed E-state index contributed by atoms with van der Waals surface area (Å²) in [5.41, 5.74) is 6.89. The number of halogens is 2. The van der Waals surface area contributed by atoms with Crippen molar-refractivity contribution < 1.29 is 0 Å². The van der Waals surface area contributed by atoms with E-state index >= 15 is 0 Å². The number of pyridine rings is 1. The standard InChI is InChI=1S/C10H12Cl2N2/c11-8-5-9(12)14-6-7(8)10(1-2-10)3-4-13/h5-6H,1-4,13H2. The SMILES string of the molecule is NCCC1(c2cnc(Cl)cc2Cl)CC1. The van der Waals surface area contributed by atoms with Gasteiger partial charge in [0.15, 0.2) is 0 Å². The molecule has 0 spiro atoms. The summed E-state index contributed by atoms with van der Waals surface area (Å²) in [6.45, 7) is 0.693. The summed E-state index contributed by atoms with van der Waals surface area (Å²) in [5.74, 6) is 0. The van der Waals surface area contributed by atoms with Crippen LogP contribution < -0.4 is 5.73 Å². The van der Waals surface area contributed by atoms with Crippen molar-refractivity contribution >= 4 is 23.2 Å². The lowest BCUT2D eigenvalue weighted by Gasteiger charge is -2.15. The van der Waals surface area contributed by atoms with Crippen LogP contribution in [0.1, 0.15) is 24.8 Å². The Balaban J connectivity index is 2.32. The average Bonchev–Trinajstić information content (AvgIpc) is 2.86. The molecule has 0 bridgehead atoms. The first-order valence-electron chi connectivity index (χ1n) is 4.69. The Kier molecular flexibility index (Phi) is 2.69. The Morgan fingerprint density at radius 2 is 2.14 bits per heavy atom. The molecule has 0 amide bonds. The van der Waals surface area contributed by atoms with Crippen molar-refractivity contribution in [1.82, 2.24) is 4.98 Å². The van der Waals surface area contributed by atoms with Gasteiger partial charge in [0, 0.05) is 11.2 Å². The van der Waals surface area contributed by atoms with Crippen LogP contribution in [-0.2, 0) is 5.41 Å². The van der Waals surface area contributed by atoms with E-state index in [-0.39, 0.29) is 5.41 Å². The zero-order valence-electron chi connectivity index (χ0n) is 7.76. The first-order valence-corrected chi connectivity index (χ1v) is 5.45. The first kappa shape index (κ1) is 10.2. The van der Waals surface area contributed by atoms with E-state index in [0.717, 1.165) is 29.8 Å². The summed E-state index contributed by atoms with van der Waals surface area (Å²) < 4.78 is 0. The third-order valence-corrected chi connectivity index (χ3v) is 3.39. The van der Waals surface area contributed by atoms with Crippen molar-refractivity contribution in [3.05, 3.63) is 28.0 Å². The lowest BCUT2D eigenvalue weighted by atomic mass is 9.94. The van der Waals surface area contributed by atoms with Crippen molar-refractivity contribution in [2.24, 2.45) is 5.73 Å². The number of nitrogens with zero attached hydrogens (tertiary/aromatic N) is 1. The van der Waals surface area contributed by atoms with Gasteiger partial charge in [-0.2, -0.15) is 0 Å². The minimum Gasteiger partial charge on any atom is -0.330 e. The van der Waals surface area contributed by atoms with Gasteiger partial charge in [-0.05, 0) is 42.9 Å². The molecule has 1 aromatic heterocycles. The van der Waals surface area contributed by atoms with Gasteiger partial charge in [0.1, 0.15) is 5.15 Å². The summed E-state index contributed by atoms with van der Waals surface area (Å²) in [7, 11) is 0. The van der Waals surface area contributed by atoms with Crippen LogP contribution in [-0.4, -0.2) is 11.5 Å². The quantitative estimate of drug-likeness (QED) is 0.812. The van der Waals surface area contributed by atoms with Crippen LogP contribution in [0, 0.1) is 0 Å². The highest BCUT2D eigenvalue weighted by atomic mass is 35.5. The molecule has 2 N–H and O–H groups in total. The van der Waals surface area contributed by atoms with Gasteiger partial charge in [-0.15, -0.1) is 0 Å². The smallest absolute Gasteiger partial charge is 0.130 e. The van der Waals surface area contributed by atoms with E-state index in [4.69, 9.17) is 28.9 Å². The molecule has 14 heavy (non-hydrogen) atoms. The van der Waals surface area contributed by atoms with Gasteiger partial charge in [-0.3, -0.25) is 0 Å². The number of rotatable bonds is 3. The van der Waals surface area contributed by atoms with Crippen molar-refractivity contribution in [2.45, 2.75) is 24.7 Å². The summed E-state index contributed by atoms with van der Waals surface area (Å²) in [5, 5.41) is 1.17. The molecule has 0 saturated heterocycles. The number of hydrogen-bond donors (Lipinski definition) is 1. The van der Waals surface area contributed by atoms with E-state index in [0.29, 0.717) is 11.7 Å². The lowest BCUT2D eigenvalue weighted by Crippen LogP contribution is -2.14. The molecule has 1 aliphatic carbocycles. The van der Waals surface area contributed by atoms with Crippen molar-refractivity contribution in [2.75, 3.05) is 6.54 Å². The maximum Gasteiger partial charge on any atom is 0.130 e. The molecular formula is C10H12Cl2N2. The van der Waals surface area contributed by atoms with Crippen LogP contribution in [0.4, 0.5) is 0 Å². The minimum atomic E-state index is 0.198. The maximum atomic E-state index is 6.12. The van der Waals surface area contributed by atoms with E-state index < -0.39 is 0 Å². The molecule has 0 aliphatic heterocycles. The topological polar surface area (TPSA) is 38.9 Å². The molecule has 1 heterocycles. The summed E-state index contributed by atoms with van der Waals surface area (Å²) in [6, 6.07) is 1.70. The zero-order valence-corrected chi connectivity index (χ0v) is 9.28. The van der Waals surface area contributed by atoms with E-state index in [2.05, 4.69) is 4.98 Å². The van der Waals surface area contributed by atoms with Gasteiger partial charge in [0.05, 0.1) is 0 Å². The second kappa shape index (κ2) is 3.69. The minimum absolute atomic E-state index is 0.198. The average molecular weight is 231 g/mol. The molecule has 2 nitrogen and oxygen atoms in total. The van der Waals surface area contributed by atoms with Gasteiger partial charge < -0.3 is 5.73 Å². The maximum absolute atomic E-state index is 6.12. The Morgan fingerprint density at radius 1 is 1.43 bits per heavy atom. The predicted molar refractivity (Wildman–Crippen MR) is 58.8 cm³/mol. The van der Waals surface area contributed by atoms with Gasteiger partial charge >= 0.3 is 0 Å². The van der Waals surface area contributed by atoms with E-state index in [1.807, 2.05) is 0 Å². The fourth-order valence-corrected chi connectivity index (χ4v) is 2.45. The summed E-state index contributed by atoms with van der Waals surface area (Å²) in [4.78, 5) is 4.07. The molecule has 76 valence electrons. The van der Waals surface area contributed by atoms with E-state index in [1.54, 1.807) is 12.3 Å². The van der Waals surface area contributed by atoms with Crippen LogP contribution >= 0.6 is 23.2 Å². The number of hydrogen-bond acceptors (Lipinski definition) is 2. The number of nitrogens with two attached hydrogens (primary N) is 1. The van der Waals surface area contributed by atoms with Gasteiger partial charge in [0.25, 0.3) is 0 Å². The molecule has 2 rings (SSSR count). The Bertz CT molecular complexity index is 348. The second-order valence-corrected chi connectivity index (χ2v) is 4.60. The molecule has 0 atom stereocenters. The van der Waals surface area contributed by atoms with E-state index in [1.165, 1.54) is 0 Å². The summed E-state index contributed by atoms with van der Waals surface area (Å²) >= 11 is 11.9. The highest BCUT2D eigenvalue weighted by Gasteiger charge is 2.44. The molecule has 0 radical (unpaired) electrons. The molecule has 1 fully saturated rings. The Labute approximate surface area is 93.4 Å². The third-order valence-electron chi connectivity index (χ3n) is 2.87. The highest BCUT2D eigenvalue weighted by Crippen LogP contribution is 2.52. The number of aromatic nitrogens is 1. The Morgan fingerprint density at radius 3 is 2.64 bits per heavy atom. The van der Waals surface area contributed by atoms with Crippen LogP contribution in [0.15, 0.2) is 12.3 Å². The van der Waals surface area contributed by atoms with Crippen molar-refractivity contribution in [3.8, 4) is 0 Å². The zero-order chi connectivity index (χ0) is 10.2. The fraction of sp³-hybridized carbons (Fsp3) is 0.500. The largest absolute Gasteiger partial charge is 0.330 e. The molecule has 1 aromatic rings. The molecule has 1 aliphatic rings. The third kappa shape index (κ3) is 1.74. The Hall–Kier alpha value is -0.310. The lowest BCUT2D eigenvalue weighted by molar-refractivity contribution is 0.627. The fourth-order valence-electron chi connectivity index (χ4n) is 1.88. The monoisotopic (exact) mass is 230 g/mol. The van der Waals surface area contributed by atoms with Crippen molar-refractivity contribution in [3.63, 3.8) is 0 Å². The van der Waals surface area contributed by atoms with Gasteiger partial charge in [-0.1, -0.05) is 23.2 Å². The normalized spacial score (nSPS) is 18.2. The second-order valence-electron chi connectivity index (χ2n) is 3.81. The highest BCUT2D eigenvalue weighted by molar-refractivity contribution is 6.34. The van der Waals surface area contributed by atoms with Crippen LogP contribution in [0.2, 0.25) is 10.2 Å². The van der Waals surface area contributed by atoms with Gasteiger partial charge in [0.2, 0.25) is 0 Å².